The number of benzene rings is 2. The van der Waals surface area contributed by atoms with Gasteiger partial charge in [0.1, 0.15) is 0 Å². The van der Waals surface area contributed by atoms with Crippen LogP contribution in [0.15, 0.2) is 42.5 Å². The number of nitrogens with one attached hydrogen (secondary N) is 1. The van der Waals surface area contributed by atoms with Crippen molar-refractivity contribution in [3.63, 3.8) is 0 Å². The number of amides is 1. The van der Waals surface area contributed by atoms with Gasteiger partial charge in [-0.3, -0.25) is 19.8 Å². The fraction of sp³-hybridized carbons (Fsp3) is 0.188. The van der Waals surface area contributed by atoms with Gasteiger partial charge in [0.05, 0.1) is 21.5 Å². The SMILES string of the molecule is CN(CC(=O)Nc1ccc(Cl)c(Cl)c1)Cc1ccc([N+](=O)[O-])cc1. The number of likely N-dealkylation sites (N-methyl/N-ethyl adjacent to an activating group) is 1. The fourth-order valence-corrected chi connectivity index (χ4v) is 2.41. The van der Waals surface area contributed by atoms with Gasteiger partial charge in [-0.1, -0.05) is 35.3 Å². The number of carbonyl (C=O) groups is 1. The summed E-state index contributed by atoms with van der Waals surface area (Å²) in [6.45, 7) is 0.657. The monoisotopic (exact) mass is 367 g/mol. The number of nitro benzene ring substituents is 1. The Morgan fingerprint density at radius 2 is 1.83 bits per heavy atom. The zero-order valence-electron chi connectivity index (χ0n) is 12.8. The highest BCUT2D eigenvalue weighted by molar-refractivity contribution is 6.42. The molecular weight excluding hydrogens is 353 g/mol. The average Bonchev–Trinajstić information content (AvgIpc) is 2.51. The number of halogens is 2. The number of nitrogens with zero attached hydrogens (tertiary/aromatic N) is 2. The minimum absolute atomic E-state index is 0.0405. The van der Waals surface area contributed by atoms with Crippen LogP contribution in [-0.2, 0) is 11.3 Å². The van der Waals surface area contributed by atoms with Gasteiger partial charge in [-0.25, -0.2) is 0 Å². The number of carbonyl (C=O) groups excluding carboxylic acids is 1. The largest absolute Gasteiger partial charge is 0.325 e. The van der Waals surface area contributed by atoms with Gasteiger partial charge in [-0.2, -0.15) is 0 Å². The first-order chi connectivity index (χ1) is 11.3. The Morgan fingerprint density at radius 1 is 1.17 bits per heavy atom. The second-order valence-corrected chi connectivity index (χ2v) is 6.09. The summed E-state index contributed by atoms with van der Waals surface area (Å²) in [7, 11) is 1.79. The topological polar surface area (TPSA) is 75.5 Å². The van der Waals surface area contributed by atoms with E-state index in [0.29, 0.717) is 22.3 Å². The Hall–Kier alpha value is -2.15. The molecular formula is C16H15Cl2N3O3. The highest BCUT2D eigenvalue weighted by atomic mass is 35.5. The molecule has 0 fully saturated rings. The lowest BCUT2D eigenvalue weighted by Gasteiger charge is -2.16. The maximum atomic E-state index is 12.0. The molecule has 0 spiro atoms. The van der Waals surface area contributed by atoms with E-state index in [-0.39, 0.29) is 18.1 Å². The van der Waals surface area contributed by atoms with Crippen molar-refractivity contribution in [2.45, 2.75) is 6.54 Å². The Morgan fingerprint density at radius 3 is 2.42 bits per heavy atom. The highest BCUT2D eigenvalue weighted by Crippen LogP contribution is 2.25. The molecule has 0 radical (unpaired) electrons. The molecule has 0 saturated heterocycles. The van der Waals surface area contributed by atoms with E-state index in [9.17, 15) is 14.9 Å². The summed E-state index contributed by atoms with van der Waals surface area (Å²) in [5.74, 6) is -0.196. The standard InChI is InChI=1S/C16H15Cl2N3O3/c1-20(9-11-2-5-13(6-3-11)21(23)24)10-16(22)19-12-4-7-14(17)15(18)8-12/h2-8H,9-10H2,1H3,(H,19,22). The molecule has 1 N–H and O–H groups in total. The van der Waals surface area contributed by atoms with E-state index in [1.807, 2.05) is 0 Å². The molecule has 2 aromatic carbocycles. The summed E-state index contributed by atoms with van der Waals surface area (Å²) in [6.07, 6.45) is 0. The van der Waals surface area contributed by atoms with Crippen LogP contribution in [-0.4, -0.2) is 29.3 Å². The van der Waals surface area contributed by atoms with Crippen molar-refractivity contribution in [1.82, 2.24) is 4.90 Å². The smallest absolute Gasteiger partial charge is 0.269 e. The first-order valence-electron chi connectivity index (χ1n) is 7.02. The lowest BCUT2D eigenvalue weighted by Crippen LogP contribution is -2.29. The van der Waals surface area contributed by atoms with Crippen LogP contribution in [0.4, 0.5) is 11.4 Å². The molecule has 0 aliphatic rings. The Labute approximate surface area is 149 Å². The summed E-state index contributed by atoms with van der Waals surface area (Å²) >= 11 is 11.7. The van der Waals surface area contributed by atoms with Crippen molar-refractivity contribution >= 4 is 40.5 Å². The van der Waals surface area contributed by atoms with Crippen molar-refractivity contribution in [2.75, 3.05) is 18.9 Å². The molecule has 8 heteroatoms. The molecule has 0 aliphatic carbocycles. The fourth-order valence-electron chi connectivity index (χ4n) is 2.11. The van der Waals surface area contributed by atoms with E-state index < -0.39 is 4.92 Å². The Kier molecular flexibility index (Phi) is 6.14. The minimum Gasteiger partial charge on any atom is -0.325 e. The third-order valence-electron chi connectivity index (χ3n) is 3.22. The second kappa shape index (κ2) is 8.10. The molecule has 0 bridgehead atoms. The van der Waals surface area contributed by atoms with Gasteiger partial charge in [-0.15, -0.1) is 0 Å². The summed E-state index contributed by atoms with van der Waals surface area (Å²) < 4.78 is 0. The van der Waals surface area contributed by atoms with Crippen LogP contribution in [0.3, 0.4) is 0 Å². The van der Waals surface area contributed by atoms with Gasteiger partial charge in [0, 0.05) is 24.4 Å². The second-order valence-electron chi connectivity index (χ2n) is 5.27. The van der Waals surface area contributed by atoms with E-state index in [1.54, 1.807) is 42.3 Å². The number of anilines is 1. The van der Waals surface area contributed by atoms with Crippen molar-refractivity contribution in [3.05, 3.63) is 68.2 Å². The average molecular weight is 368 g/mol. The van der Waals surface area contributed by atoms with Gasteiger partial charge in [0.2, 0.25) is 5.91 Å². The number of hydrogen-bond donors (Lipinski definition) is 1. The predicted octanol–water partition coefficient (Wildman–Crippen LogP) is 3.97. The molecule has 0 saturated carbocycles. The summed E-state index contributed by atoms with van der Waals surface area (Å²) in [6, 6.07) is 11.1. The third kappa shape index (κ3) is 5.19. The van der Waals surface area contributed by atoms with Gasteiger partial charge in [0.25, 0.3) is 5.69 Å². The Balaban J connectivity index is 1.88. The van der Waals surface area contributed by atoms with Gasteiger partial charge in [0.15, 0.2) is 0 Å². The van der Waals surface area contributed by atoms with Crippen LogP contribution in [0.25, 0.3) is 0 Å². The molecule has 0 aromatic heterocycles. The number of rotatable bonds is 6. The van der Waals surface area contributed by atoms with E-state index in [2.05, 4.69) is 5.32 Å². The third-order valence-corrected chi connectivity index (χ3v) is 3.96. The van der Waals surface area contributed by atoms with Crippen LogP contribution in [0.2, 0.25) is 10.0 Å². The zero-order valence-corrected chi connectivity index (χ0v) is 14.3. The zero-order chi connectivity index (χ0) is 17.7. The number of nitro groups is 1. The van der Waals surface area contributed by atoms with E-state index in [1.165, 1.54) is 12.1 Å². The lowest BCUT2D eigenvalue weighted by atomic mass is 10.2. The molecule has 2 aromatic rings. The van der Waals surface area contributed by atoms with Crippen LogP contribution in [0, 0.1) is 10.1 Å². The van der Waals surface area contributed by atoms with Crippen molar-refractivity contribution in [1.29, 1.82) is 0 Å². The molecule has 126 valence electrons. The van der Waals surface area contributed by atoms with Gasteiger partial charge >= 0.3 is 0 Å². The molecule has 0 heterocycles. The minimum atomic E-state index is -0.446. The van der Waals surface area contributed by atoms with Gasteiger partial charge < -0.3 is 5.32 Å². The van der Waals surface area contributed by atoms with Crippen LogP contribution < -0.4 is 5.32 Å². The summed E-state index contributed by atoms with van der Waals surface area (Å²) in [4.78, 5) is 24.0. The normalized spacial score (nSPS) is 10.7. The van der Waals surface area contributed by atoms with Gasteiger partial charge in [-0.05, 0) is 30.8 Å². The maximum absolute atomic E-state index is 12.0. The molecule has 0 atom stereocenters. The molecule has 0 unspecified atom stereocenters. The quantitative estimate of drug-likeness (QED) is 0.618. The van der Waals surface area contributed by atoms with Crippen molar-refractivity contribution in [3.8, 4) is 0 Å². The molecule has 1 amide bonds. The van der Waals surface area contributed by atoms with E-state index >= 15 is 0 Å². The predicted molar refractivity (Wildman–Crippen MR) is 94.5 cm³/mol. The van der Waals surface area contributed by atoms with Crippen molar-refractivity contribution < 1.29 is 9.72 Å². The first-order valence-corrected chi connectivity index (χ1v) is 7.77. The van der Waals surface area contributed by atoms with Crippen LogP contribution in [0.5, 0.6) is 0 Å². The van der Waals surface area contributed by atoms with Crippen LogP contribution in [0.1, 0.15) is 5.56 Å². The van der Waals surface area contributed by atoms with Crippen LogP contribution >= 0.6 is 23.2 Å². The number of non-ortho nitro benzene ring substituents is 1. The molecule has 2 rings (SSSR count). The molecule has 0 aliphatic heterocycles. The Bertz CT molecular complexity index is 751. The van der Waals surface area contributed by atoms with Crippen molar-refractivity contribution in [2.24, 2.45) is 0 Å². The molecule has 24 heavy (non-hydrogen) atoms. The lowest BCUT2D eigenvalue weighted by molar-refractivity contribution is -0.384. The number of hydrogen-bond acceptors (Lipinski definition) is 4. The highest BCUT2D eigenvalue weighted by Gasteiger charge is 2.10. The maximum Gasteiger partial charge on any atom is 0.269 e. The summed E-state index contributed by atoms with van der Waals surface area (Å²) in [5, 5.41) is 14.2. The first kappa shape index (κ1) is 18.2. The summed E-state index contributed by atoms with van der Waals surface area (Å²) in [5.41, 5.74) is 1.49. The molecule has 6 nitrogen and oxygen atoms in total. The van der Waals surface area contributed by atoms with E-state index in [4.69, 9.17) is 23.2 Å². The van der Waals surface area contributed by atoms with E-state index in [0.717, 1.165) is 5.56 Å².